The van der Waals surface area contributed by atoms with Crippen LogP contribution >= 0.6 is 0 Å². The highest BCUT2D eigenvalue weighted by Crippen LogP contribution is 2.27. The summed E-state index contributed by atoms with van der Waals surface area (Å²) >= 11 is 0. The molecule has 1 saturated heterocycles. The fourth-order valence-corrected chi connectivity index (χ4v) is 2.12. The van der Waals surface area contributed by atoms with Gasteiger partial charge in [-0.3, -0.25) is 0 Å². The van der Waals surface area contributed by atoms with Gasteiger partial charge in [0, 0.05) is 13.7 Å². The van der Waals surface area contributed by atoms with Gasteiger partial charge in [-0.15, -0.1) is 0 Å². The molecule has 2 rings (SSSR count). The molecule has 0 amide bonds. The largest absolute Gasteiger partial charge is 0.465 e. The van der Waals surface area contributed by atoms with Crippen LogP contribution in [0.15, 0.2) is 18.2 Å². The number of hydrogen-bond donors (Lipinski definition) is 1. The van der Waals surface area contributed by atoms with Crippen molar-refractivity contribution in [3.05, 3.63) is 23.8 Å². The molecule has 0 bridgehead atoms. The van der Waals surface area contributed by atoms with Crippen LogP contribution in [-0.2, 0) is 9.47 Å². The molecule has 0 aliphatic carbocycles. The molecule has 18 heavy (non-hydrogen) atoms. The molecule has 98 valence electrons. The molecule has 5 nitrogen and oxygen atoms in total. The molecule has 1 fully saturated rings. The number of carbonyl (C=O) groups excluding carboxylic acids is 1. The number of rotatable bonds is 3. The van der Waals surface area contributed by atoms with Gasteiger partial charge >= 0.3 is 5.97 Å². The Morgan fingerprint density at radius 3 is 2.94 bits per heavy atom. The van der Waals surface area contributed by atoms with Gasteiger partial charge in [-0.1, -0.05) is 0 Å². The molecular formula is C13H18N2O3. The molecule has 1 aliphatic heterocycles. The van der Waals surface area contributed by atoms with E-state index in [4.69, 9.17) is 15.2 Å². The predicted octanol–water partition coefficient (Wildman–Crippen LogP) is 1.28. The summed E-state index contributed by atoms with van der Waals surface area (Å²) in [5, 5.41) is 0. The molecule has 0 spiro atoms. The molecular weight excluding hydrogens is 232 g/mol. The number of anilines is 2. The Bertz CT molecular complexity index is 442. The third-order valence-electron chi connectivity index (χ3n) is 3.28. The Balaban J connectivity index is 2.27. The lowest BCUT2D eigenvalue weighted by molar-refractivity contribution is 0.0601. The van der Waals surface area contributed by atoms with Crippen LogP contribution in [0, 0.1) is 0 Å². The molecule has 0 radical (unpaired) electrons. The second-order valence-electron chi connectivity index (χ2n) is 4.39. The minimum Gasteiger partial charge on any atom is -0.465 e. The SMILES string of the molecule is COC(=O)c1ccc(N)c(N(C)C2CCOC2)c1. The molecule has 2 N–H and O–H groups in total. The number of nitrogens with two attached hydrogens (primary N) is 1. The van der Waals surface area contributed by atoms with E-state index in [-0.39, 0.29) is 5.97 Å². The molecule has 1 aliphatic rings. The fourth-order valence-electron chi connectivity index (χ4n) is 2.12. The monoisotopic (exact) mass is 250 g/mol. The Morgan fingerprint density at radius 1 is 1.56 bits per heavy atom. The van der Waals surface area contributed by atoms with E-state index in [1.807, 2.05) is 7.05 Å². The zero-order valence-electron chi connectivity index (χ0n) is 10.7. The van der Waals surface area contributed by atoms with E-state index in [1.54, 1.807) is 18.2 Å². The summed E-state index contributed by atoms with van der Waals surface area (Å²) in [4.78, 5) is 13.6. The van der Waals surface area contributed by atoms with Gasteiger partial charge in [-0.2, -0.15) is 0 Å². The van der Waals surface area contributed by atoms with Crippen LogP contribution in [0.5, 0.6) is 0 Å². The van der Waals surface area contributed by atoms with Gasteiger partial charge in [0.05, 0.1) is 36.7 Å². The highest BCUT2D eigenvalue weighted by atomic mass is 16.5. The molecule has 5 heteroatoms. The van der Waals surface area contributed by atoms with Crippen LogP contribution < -0.4 is 10.6 Å². The minimum atomic E-state index is -0.354. The maximum absolute atomic E-state index is 11.5. The van der Waals surface area contributed by atoms with Crippen LogP contribution in [0.25, 0.3) is 0 Å². The molecule has 0 saturated carbocycles. The second kappa shape index (κ2) is 5.27. The normalized spacial score (nSPS) is 18.7. The Labute approximate surface area is 106 Å². The van der Waals surface area contributed by atoms with Crippen LogP contribution in [0.3, 0.4) is 0 Å². The zero-order valence-corrected chi connectivity index (χ0v) is 10.7. The summed E-state index contributed by atoms with van der Waals surface area (Å²) < 4.78 is 10.1. The topological polar surface area (TPSA) is 64.8 Å². The van der Waals surface area contributed by atoms with Crippen LogP contribution in [0.1, 0.15) is 16.8 Å². The van der Waals surface area contributed by atoms with E-state index in [9.17, 15) is 4.79 Å². The van der Waals surface area contributed by atoms with E-state index < -0.39 is 0 Å². The van der Waals surface area contributed by atoms with Crippen LogP contribution in [0.4, 0.5) is 11.4 Å². The number of methoxy groups -OCH3 is 1. The molecule has 1 atom stereocenters. The molecule has 0 aromatic heterocycles. The van der Waals surface area contributed by atoms with E-state index in [0.29, 0.717) is 23.9 Å². The average molecular weight is 250 g/mol. The number of esters is 1. The van der Waals surface area contributed by atoms with Gasteiger partial charge in [0.25, 0.3) is 0 Å². The van der Waals surface area contributed by atoms with Crippen molar-refractivity contribution < 1.29 is 14.3 Å². The van der Waals surface area contributed by atoms with Gasteiger partial charge in [-0.25, -0.2) is 4.79 Å². The zero-order chi connectivity index (χ0) is 13.1. The summed E-state index contributed by atoms with van der Waals surface area (Å²) in [7, 11) is 3.33. The van der Waals surface area contributed by atoms with E-state index in [2.05, 4.69) is 4.90 Å². The molecule has 1 heterocycles. The van der Waals surface area contributed by atoms with Gasteiger partial charge in [0.2, 0.25) is 0 Å². The first-order chi connectivity index (χ1) is 8.63. The third kappa shape index (κ3) is 2.41. The highest BCUT2D eigenvalue weighted by Gasteiger charge is 2.22. The van der Waals surface area contributed by atoms with Gasteiger partial charge in [0.1, 0.15) is 0 Å². The summed E-state index contributed by atoms with van der Waals surface area (Å²) in [6.45, 7) is 1.46. The van der Waals surface area contributed by atoms with Gasteiger partial charge in [-0.05, 0) is 24.6 Å². The van der Waals surface area contributed by atoms with Crippen molar-refractivity contribution in [3.8, 4) is 0 Å². The molecule has 1 aromatic rings. The Hall–Kier alpha value is -1.75. The lowest BCUT2D eigenvalue weighted by atomic mass is 10.1. The number of nitrogen functional groups attached to an aromatic ring is 1. The van der Waals surface area contributed by atoms with Crippen molar-refractivity contribution in [2.75, 3.05) is 38.0 Å². The quantitative estimate of drug-likeness (QED) is 0.646. The minimum absolute atomic E-state index is 0.306. The maximum Gasteiger partial charge on any atom is 0.337 e. The van der Waals surface area contributed by atoms with Crippen molar-refractivity contribution in [1.82, 2.24) is 0 Å². The van der Waals surface area contributed by atoms with Crippen LogP contribution in [0.2, 0.25) is 0 Å². The predicted molar refractivity (Wildman–Crippen MR) is 69.8 cm³/mol. The number of benzene rings is 1. The average Bonchev–Trinajstić information content (AvgIpc) is 2.91. The standard InChI is InChI=1S/C13H18N2O3/c1-15(10-5-6-18-8-10)12-7-9(13(16)17-2)3-4-11(12)14/h3-4,7,10H,5-6,8,14H2,1-2H3. The number of ether oxygens (including phenoxy) is 2. The number of hydrogen-bond acceptors (Lipinski definition) is 5. The third-order valence-corrected chi connectivity index (χ3v) is 3.28. The summed E-state index contributed by atoms with van der Waals surface area (Å²) in [5.41, 5.74) is 7.96. The lowest BCUT2D eigenvalue weighted by Crippen LogP contribution is -2.32. The molecule has 1 unspecified atom stereocenters. The summed E-state index contributed by atoms with van der Waals surface area (Å²) in [6, 6.07) is 5.47. The van der Waals surface area contributed by atoms with E-state index in [1.165, 1.54) is 7.11 Å². The summed E-state index contributed by atoms with van der Waals surface area (Å²) in [6.07, 6.45) is 0.971. The van der Waals surface area contributed by atoms with Crippen molar-refractivity contribution in [2.24, 2.45) is 0 Å². The van der Waals surface area contributed by atoms with Gasteiger partial charge < -0.3 is 20.1 Å². The first-order valence-electron chi connectivity index (χ1n) is 5.92. The number of likely N-dealkylation sites (N-methyl/N-ethyl adjacent to an activating group) is 1. The smallest absolute Gasteiger partial charge is 0.337 e. The Morgan fingerprint density at radius 2 is 2.33 bits per heavy atom. The van der Waals surface area contributed by atoms with Gasteiger partial charge in [0.15, 0.2) is 0 Å². The lowest BCUT2D eigenvalue weighted by Gasteiger charge is -2.27. The summed E-state index contributed by atoms with van der Waals surface area (Å²) in [5.74, 6) is -0.354. The van der Waals surface area contributed by atoms with Crippen molar-refractivity contribution in [1.29, 1.82) is 0 Å². The van der Waals surface area contributed by atoms with Crippen molar-refractivity contribution in [3.63, 3.8) is 0 Å². The van der Waals surface area contributed by atoms with E-state index in [0.717, 1.165) is 18.7 Å². The first kappa shape index (κ1) is 12.7. The number of carbonyl (C=O) groups is 1. The highest BCUT2D eigenvalue weighted by molar-refractivity contribution is 5.92. The molecule has 1 aromatic carbocycles. The maximum atomic E-state index is 11.5. The van der Waals surface area contributed by atoms with Crippen LogP contribution in [-0.4, -0.2) is 39.4 Å². The van der Waals surface area contributed by atoms with Crippen molar-refractivity contribution >= 4 is 17.3 Å². The number of nitrogens with zero attached hydrogens (tertiary/aromatic N) is 1. The van der Waals surface area contributed by atoms with Crippen molar-refractivity contribution in [2.45, 2.75) is 12.5 Å². The Kier molecular flexibility index (Phi) is 3.72. The second-order valence-corrected chi connectivity index (χ2v) is 4.39. The van der Waals surface area contributed by atoms with E-state index >= 15 is 0 Å². The fraction of sp³-hybridized carbons (Fsp3) is 0.462. The first-order valence-corrected chi connectivity index (χ1v) is 5.92.